The number of hydrogen-bond donors (Lipinski definition) is 1. The zero-order valence-electron chi connectivity index (χ0n) is 15.5. The summed E-state index contributed by atoms with van der Waals surface area (Å²) in [7, 11) is 0. The lowest BCUT2D eigenvalue weighted by atomic mass is 9.95. The van der Waals surface area contributed by atoms with Gasteiger partial charge in [0.15, 0.2) is 0 Å². The number of aryl methyl sites for hydroxylation is 2. The monoisotopic (exact) mass is 399 g/mol. The van der Waals surface area contributed by atoms with Crippen LogP contribution in [0, 0.1) is 19.8 Å². The molecule has 6 heteroatoms. The van der Waals surface area contributed by atoms with Crippen LogP contribution in [0.15, 0.2) is 36.5 Å². The zero-order chi connectivity index (χ0) is 19.0. The van der Waals surface area contributed by atoms with Crippen molar-refractivity contribution in [3.8, 4) is 0 Å². The van der Waals surface area contributed by atoms with Crippen molar-refractivity contribution in [1.82, 2.24) is 4.98 Å². The standard InChI is InChI=1S/C21H22ClN3OS/c1-13-3-4-16(22)12-18(13)24-21(26)15-6-9-25(10-7-15)20-17-11-14(2)27-19(17)5-8-23-20/h3-5,8,11-12,15H,6-7,9-10H2,1-2H3,(H,24,26). The highest BCUT2D eigenvalue weighted by molar-refractivity contribution is 7.19. The second kappa shape index (κ2) is 7.49. The van der Waals surface area contributed by atoms with Crippen LogP contribution in [0.25, 0.3) is 10.1 Å². The smallest absolute Gasteiger partial charge is 0.227 e. The van der Waals surface area contributed by atoms with Crippen LogP contribution in [-0.2, 0) is 4.79 Å². The number of piperidine rings is 1. The Kier molecular flexibility index (Phi) is 5.06. The van der Waals surface area contributed by atoms with Gasteiger partial charge in [0.25, 0.3) is 0 Å². The molecule has 1 aliphatic heterocycles. The van der Waals surface area contributed by atoms with Gasteiger partial charge in [-0.25, -0.2) is 4.98 Å². The summed E-state index contributed by atoms with van der Waals surface area (Å²) < 4.78 is 1.27. The summed E-state index contributed by atoms with van der Waals surface area (Å²) >= 11 is 7.86. The van der Waals surface area contributed by atoms with E-state index in [4.69, 9.17) is 11.6 Å². The summed E-state index contributed by atoms with van der Waals surface area (Å²) in [5.41, 5.74) is 1.82. The number of rotatable bonds is 3. The van der Waals surface area contributed by atoms with E-state index in [2.05, 4.69) is 34.3 Å². The fourth-order valence-electron chi connectivity index (χ4n) is 3.65. The molecule has 1 aromatic carbocycles. The second-order valence-corrected chi connectivity index (χ2v) is 8.84. The highest BCUT2D eigenvalue weighted by Crippen LogP contribution is 2.33. The number of nitrogens with one attached hydrogen (secondary N) is 1. The lowest BCUT2D eigenvalue weighted by Gasteiger charge is -2.32. The minimum Gasteiger partial charge on any atom is -0.356 e. The predicted octanol–water partition coefficient (Wildman–Crippen LogP) is 5.42. The van der Waals surface area contributed by atoms with Gasteiger partial charge in [-0.2, -0.15) is 0 Å². The number of pyridine rings is 1. The first kappa shape index (κ1) is 18.3. The first-order valence-corrected chi connectivity index (χ1v) is 10.4. The molecule has 4 rings (SSSR count). The topological polar surface area (TPSA) is 45.2 Å². The molecule has 0 bridgehead atoms. The minimum absolute atomic E-state index is 0.0167. The van der Waals surface area contributed by atoms with Gasteiger partial charge in [-0.1, -0.05) is 17.7 Å². The van der Waals surface area contributed by atoms with E-state index in [-0.39, 0.29) is 11.8 Å². The molecule has 0 unspecified atom stereocenters. The first-order valence-electron chi connectivity index (χ1n) is 9.18. The number of benzene rings is 1. The molecule has 0 radical (unpaired) electrons. The minimum atomic E-state index is 0.0167. The Hall–Kier alpha value is -2.11. The third kappa shape index (κ3) is 3.80. The van der Waals surface area contributed by atoms with E-state index < -0.39 is 0 Å². The van der Waals surface area contributed by atoms with E-state index in [0.29, 0.717) is 5.02 Å². The highest BCUT2D eigenvalue weighted by atomic mass is 35.5. The van der Waals surface area contributed by atoms with Crippen LogP contribution in [0.1, 0.15) is 23.3 Å². The van der Waals surface area contributed by atoms with Gasteiger partial charge in [0.1, 0.15) is 5.82 Å². The van der Waals surface area contributed by atoms with Crippen LogP contribution in [0.3, 0.4) is 0 Å². The Bertz CT molecular complexity index is 992. The fourth-order valence-corrected chi connectivity index (χ4v) is 4.73. The quantitative estimate of drug-likeness (QED) is 0.639. The van der Waals surface area contributed by atoms with Crippen molar-refractivity contribution in [3.63, 3.8) is 0 Å². The van der Waals surface area contributed by atoms with Gasteiger partial charge in [0.2, 0.25) is 5.91 Å². The molecular weight excluding hydrogens is 378 g/mol. The molecule has 0 spiro atoms. The van der Waals surface area contributed by atoms with Gasteiger partial charge in [0.05, 0.1) is 0 Å². The lowest BCUT2D eigenvalue weighted by Crippen LogP contribution is -2.38. The zero-order valence-corrected chi connectivity index (χ0v) is 17.0. The molecule has 0 saturated carbocycles. The number of aromatic nitrogens is 1. The molecule has 1 amide bonds. The van der Waals surface area contributed by atoms with Crippen LogP contribution in [0.2, 0.25) is 5.02 Å². The maximum absolute atomic E-state index is 12.7. The number of hydrogen-bond acceptors (Lipinski definition) is 4. The van der Waals surface area contributed by atoms with Crippen LogP contribution in [0.4, 0.5) is 11.5 Å². The van der Waals surface area contributed by atoms with Gasteiger partial charge in [-0.05, 0) is 56.5 Å². The summed E-state index contributed by atoms with van der Waals surface area (Å²) in [5, 5.41) is 4.91. The number of amides is 1. The second-order valence-electron chi connectivity index (χ2n) is 7.11. The Morgan fingerprint density at radius 3 is 2.78 bits per heavy atom. The molecule has 2 aromatic heterocycles. The average Bonchev–Trinajstić information content (AvgIpc) is 3.05. The lowest BCUT2D eigenvalue weighted by molar-refractivity contribution is -0.120. The molecule has 140 valence electrons. The van der Waals surface area contributed by atoms with Gasteiger partial charge >= 0.3 is 0 Å². The Morgan fingerprint density at radius 1 is 1.22 bits per heavy atom. The molecule has 1 aliphatic rings. The van der Waals surface area contributed by atoms with Gasteiger partial charge in [-0.3, -0.25) is 4.79 Å². The molecule has 1 fully saturated rings. The van der Waals surface area contributed by atoms with Crippen molar-refractivity contribution >= 4 is 50.4 Å². The van der Waals surface area contributed by atoms with Gasteiger partial charge < -0.3 is 10.2 Å². The molecule has 4 nitrogen and oxygen atoms in total. The van der Waals surface area contributed by atoms with E-state index in [1.807, 2.05) is 31.3 Å². The molecule has 1 saturated heterocycles. The molecule has 0 aliphatic carbocycles. The molecular formula is C21H22ClN3OS. The van der Waals surface area contributed by atoms with E-state index >= 15 is 0 Å². The Morgan fingerprint density at radius 2 is 2.00 bits per heavy atom. The third-order valence-corrected chi connectivity index (χ3v) is 6.42. The Labute approximate surface area is 168 Å². The number of carbonyl (C=O) groups is 1. The number of carbonyl (C=O) groups excluding carboxylic acids is 1. The van der Waals surface area contributed by atoms with Crippen LogP contribution >= 0.6 is 22.9 Å². The third-order valence-electron chi connectivity index (χ3n) is 5.17. The summed E-state index contributed by atoms with van der Waals surface area (Å²) in [6.45, 7) is 5.79. The number of nitrogens with zero attached hydrogens (tertiary/aromatic N) is 2. The van der Waals surface area contributed by atoms with Crippen molar-refractivity contribution in [2.24, 2.45) is 5.92 Å². The Balaban J connectivity index is 1.44. The van der Waals surface area contributed by atoms with Crippen LogP contribution in [-0.4, -0.2) is 24.0 Å². The molecule has 3 heterocycles. The maximum Gasteiger partial charge on any atom is 0.227 e. The summed E-state index contributed by atoms with van der Waals surface area (Å²) in [6.07, 6.45) is 3.54. The largest absolute Gasteiger partial charge is 0.356 e. The molecule has 3 aromatic rings. The van der Waals surface area contributed by atoms with E-state index in [0.717, 1.165) is 43.0 Å². The number of halogens is 1. The van der Waals surface area contributed by atoms with Crippen molar-refractivity contribution in [2.75, 3.05) is 23.3 Å². The first-order chi connectivity index (χ1) is 13.0. The van der Waals surface area contributed by atoms with Crippen LogP contribution < -0.4 is 10.2 Å². The molecule has 0 atom stereocenters. The van der Waals surface area contributed by atoms with Crippen molar-refractivity contribution in [2.45, 2.75) is 26.7 Å². The van der Waals surface area contributed by atoms with Crippen LogP contribution in [0.5, 0.6) is 0 Å². The van der Waals surface area contributed by atoms with Crippen molar-refractivity contribution in [1.29, 1.82) is 0 Å². The number of anilines is 2. The molecule has 27 heavy (non-hydrogen) atoms. The highest BCUT2D eigenvalue weighted by Gasteiger charge is 2.27. The average molecular weight is 400 g/mol. The summed E-state index contributed by atoms with van der Waals surface area (Å²) in [4.78, 5) is 20.9. The SMILES string of the molecule is Cc1cc2c(N3CCC(C(=O)Nc4cc(Cl)ccc4C)CC3)nccc2s1. The van der Waals surface area contributed by atoms with Crippen molar-refractivity contribution < 1.29 is 4.79 Å². The summed E-state index contributed by atoms with van der Waals surface area (Å²) in [6, 6.07) is 9.86. The van der Waals surface area contributed by atoms with E-state index in [1.165, 1.54) is 15.0 Å². The number of thiophene rings is 1. The van der Waals surface area contributed by atoms with Gasteiger partial charge in [0, 0.05) is 50.9 Å². The predicted molar refractivity (Wildman–Crippen MR) is 114 cm³/mol. The fraction of sp³-hybridized carbons (Fsp3) is 0.333. The van der Waals surface area contributed by atoms with E-state index in [1.54, 1.807) is 11.3 Å². The number of fused-ring (bicyclic) bond motifs is 1. The van der Waals surface area contributed by atoms with Gasteiger partial charge in [-0.15, -0.1) is 11.3 Å². The summed E-state index contributed by atoms with van der Waals surface area (Å²) in [5.74, 6) is 1.14. The molecule has 1 N–H and O–H groups in total. The van der Waals surface area contributed by atoms with Crippen molar-refractivity contribution in [3.05, 3.63) is 52.0 Å². The normalized spacial score (nSPS) is 15.3. The maximum atomic E-state index is 12.7. The van der Waals surface area contributed by atoms with E-state index in [9.17, 15) is 4.79 Å².